The molecule has 0 atom stereocenters. The van der Waals surface area contributed by atoms with E-state index in [1.807, 2.05) is 0 Å². The molecule has 102 valence electrons. The first-order valence-electron chi connectivity index (χ1n) is 5.61. The van der Waals surface area contributed by atoms with Gasteiger partial charge < -0.3 is 10.3 Å². The van der Waals surface area contributed by atoms with Crippen molar-refractivity contribution < 1.29 is 8.42 Å². The standard InChI is InChI=1S/C11H15N5O2S/c1-16-8-13-15-11(16)6-14-19(17,18)7-9-4-2-3-5-10(9)12/h2-5,8,14H,6-7,12H2,1H3. The average molecular weight is 281 g/mol. The van der Waals surface area contributed by atoms with Crippen LogP contribution in [0.15, 0.2) is 30.6 Å². The Kier molecular flexibility index (Phi) is 3.82. The first kappa shape index (κ1) is 13.5. The zero-order chi connectivity index (χ0) is 13.9. The van der Waals surface area contributed by atoms with Crippen molar-refractivity contribution in [3.05, 3.63) is 42.0 Å². The number of nitrogens with one attached hydrogen (secondary N) is 1. The summed E-state index contributed by atoms with van der Waals surface area (Å²) < 4.78 is 28.0. The minimum atomic E-state index is -3.46. The molecule has 0 fully saturated rings. The molecule has 0 aliphatic heterocycles. The van der Waals surface area contributed by atoms with E-state index in [1.165, 1.54) is 6.33 Å². The lowest BCUT2D eigenvalue weighted by atomic mass is 10.2. The fraction of sp³-hybridized carbons (Fsp3) is 0.273. The van der Waals surface area contributed by atoms with Crippen LogP contribution in [-0.4, -0.2) is 23.2 Å². The Hall–Kier alpha value is -1.93. The molecule has 0 saturated carbocycles. The molecule has 0 unspecified atom stereocenters. The van der Waals surface area contributed by atoms with Crippen LogP contribution < -0.4 is 10.5 Å². The molecule has 2 rings (SSSR count). The van der Waals surface area contributed by atoms with Crippen LogP contribution in [0.5, 0.6) is 0 Å². The second kappa shape index (κ2) is 5.37. The van der Waals surface area contributed by atoms with Crippen LogP contribution >= 0.6 is 0 Å². The SMILES string of the molecule is Cn1cnnc1CNS(=O)(=O)Cc1ccccc1N. The minimum Gasteiger partial charge on any atom is -0.398 e. The fourth-order valence-corrected chi connectivity index (χ4v) is 2.69. The zero-order valence-electron chi connectivity index (χ0n) is 10.4. The summed E-state index contributed by atoms with van der Waals surface area (Å²) >= 11 is 0. The number of anilines is 1. The highest BCUT2D eigenvalue weighted by atomic mass is 32.2. The van der Waals surface area contributed by atoms with Crippen molar-refractivity contribution in [1.29, 1.82) is 0 Å². The van der Waals surface area contributed by atoms with Gasteiger partial charge in [-0.05, 0) is 11.6 Å². The first-order valence-corrected chi connectivity index (χ1v) is 7.27. The van der Waals surface area contributed by atoms with Crippen LogP contribution in [0.4, 0.5) is 5.69 Å². The van der Waals surface area contributed by atoms with Gasteiger partial charge in [0.05, 0.1) is 12.3 Å². The molecule has 1 aromatic carbocycles. The van der Waals surface area contributed by atoms with Crippen LogP contribution in [0.25, 0.3) is 0 Å². The maximum Gasteiger partial charge on any atom is 0.216 e. The van der Waals surface area contributed by atoms with Crippen LogP contribution in [0.2, 0.25) is 0 Å². The fourth-order valence-electron chi connectivity index (χ4n) is 1.56. The quantitative estimate of drug-likeness (QED) is 0.752. The molecule has 0 aliphatic rings. The third kappa shape index (κ3) is 3.52. The second-order valence-electron chi connectivity index (χ2n) is 4.14. The normalized spacial score (nSPS) is 11.6. The molecular formula is C11H15N5O2S. The Morgan fingerprint density at radius 2 is 2.11 bits per heavy atom. The Morgan fingerprint density at radius 1 is 1.37 bits per heavy atom. The van der Waals surface area contributed by atoms with Crippen LogP contribution in [0.1, 0.15) is 11.4 Å². The summed E-state index contributed by atoms with van der Waals surface area (Å²) in [5.74, 6) is 0.391. The monoisotopic (exact) mass is 281 g/mol. The van der Waals surface area contributed by atoms with E-state index >= 15 is 0 Å². The smallest absolute Gasteiger partial charge is 0.216 e. The van der Waals surface area contributed by atoms with E-state index in [-0.39, 0.29) is 12.3 Å². The summed E-state index contributed by atoms with van der Waals surface area (Å²) in [5, 5.41) is 7.48. The molecule has 1 heterocycles. The van der Waals surface area contributed by atoms with Gasteiger partial charge in [-0.2, -0.15) is 0 Å². The highest BCUT2D eigenvalue weighted by Gasteiger charge is 2.14. The van der Waals surface area contributed by atoms with Gasteiger partial charge in [-0.25, -0.2) is 13.1 Å². The van der Waals surface area contributed by atoms with Gasteiger partial charge in [0.25, 0.3) is 0 Å². The summed E-state index contributed by atoms with van der Waals surface area (Å²) in [6.45, 7) is 0.103. The Bertz CT molecular complexity index is 665. The van der Waals surface area contributed by atoms with E-state index in [9.17, 15) is 8.42 Å². The highest BCUT2D eigenvalue weighted by Crippen LogP contribution is 2.13. The summed E-state index contributed by atoms with van der Waals surface area (Å²) in [5.41, 5.74) is 6.77. The maximum atomic E-state index is 11.9. The predicted molar refractivity (Wildman–Crippen MR) is 71.3 cm³/mol. The van der Waals surface area contributed by atoms with Gasteiger partial charge in [-0.3, -0.25) is 0 Å². The average Bonchev–Trinajstić information content (AvgIpc) is 2.75. The molecule has 3 N–H and O–H groups in total. The Morgan fingerprint density at radius 3 is 2.74 bits per heavy atom. The lowest BCUT2D eigenvalue weighted by Gasteiger charge is -2.08. The molecule has 0 amide bonds. The summed E-state index contributed by atoms with van der Waals surface area (Å²) in [6, 6.07) is 6.88. The van der Waals surface area contributed by atoms with Crippen LogP contribution in [-0.2, 0) is 29.4 Å². The van der Waals surface area contributed by atoms with Crippen LogP contribution in [0.3, 0.4) is 0 Å². The number of rotatable bonds is 5. The van der Waals surface area contributed by atoms with E-state index in [4.69, 9.17) is 5.73 Å². The zero-order valence-corrected chi connectivity index (χ0v) is 11.3. The Labute approximate surface area is 111 Å². The second-order valence-corrected chi connectivity index (χ2v) is 5.94. The maximum absolute atomic E-state index is 11.9. The van der Waals surface area contributed by atoms with Gasteiger partial charge in [-0.1, -0.05) is 18.2 Å². The van der Waals surface area contributed by atoms with Crippen molar-refractivity contribution in [2.75, 3.05) is 5.73 Å². The van der Waals surface area contributed by atoms with Crippen LogP contribution in [0, 0.1) is 0 Å². The molecule has 0 radical (unpaired) electrons. The third-order valence-electron chi connectivity index (χ3n) is 2.66. The van der Waals surface area contributed by atoms with Gasteiger partial charge in [0.2, 0.25) is 10.0 Å². The lowest BCUT2D eigenvalue weighted by Crippen LogP contribution is -2.26. The van der Waals surface area contributed by atoms with E-state index in [2.05, 4.69) is 14.9 Å². The van der Waals surface area contributed by atoms with E-state index in [1.54, 1.807) is 35.9 Å². The van der Waals surface area contributed by atoms with E-state index in [0.717, 1.165) is 0 Å². The molecular weight excluding hydrogens is 266 g/mol. The largest absolute Gasteiger partial charge is 0.398 e. The molecule has 0 spiro atoms. The summed E-state index contributed by atoms with van der Waals surface area (Å²) in [6.07, 6.45) is 1.51. The molecule has 0 saturated heterocycles. The highest BCUT2D eigenvalue weighted by molar-refractivity contribution is 7.88. The van der Waals surface area contributed by atoms with Crippen molar-refractivity contribution in [3.63, 3.8) is 0 Å². The number of nitrogens with zero attached hydrogens (tertiary/aromatic N) is 3. The van der Waals surface area contributed by atoms with Gasteiger partial charge in [0, 0.05) is 12.7 Å². The minimum absolute atomic E-state index is 0.103. The van der Waals surface area contributed by atoms with Gasteiger partial charge in [0.15, 0.2) is 0 Å². The van der Waals surface area contributed by atoms with E-state index in [0.29, 0.717) is 17.1 Å². The van der Waals surface area contributed by atoms with Gasteiger partial charge >= 0.3 is 0 Å². The van der Waals surface area contributed by atoms with Gasteiger partial charge in [0.1, 0.15) is 12.2 Å². The number of aryl methyl sites for hydroxylation is 1. The number of benzene rings is 1. The lowest BCUT2D eigenvalue weighted by molar-refractivity contribution is 0.576. The predicted octanol–water partition coefficient (Wildman–Crippen LogP) is 0.0169. The van der Waals surface area contributed by atoms with Gasteiger partial charge in [-0.15, -0.1) is 10.2 Å². The summed E-state index contributed by atoms with van der Waals surface area (Å²) in [4.78, 5) is 0. The molecule has 1 aromatic heterocycles. The number of nitrogen functional groups attached to an aromatic ring is 1. The molecule has 2 aromatic rings. The molecule has 0 bridgehead atoms. The summed E-state index contributed by atoms with van der Waals surface area (Å²) in [7, 11) is -1.71. The van der Waals surface area contributed by atoms with Crippen molar-refractivity contribution in [1.82, 2.24) is 19.5 Å². The molecule has 7 nitrogen and oxygen atoms in total. The first-order chi connectivity index (χ1) is 8.98. The number of hydrogen-bond donors (Lipinski definition) is 2. The molecule has 8 heteroatoms. The van der Waals surface area contributed by atoms with E-state index < -0.39 is 10.0 Å². The van der Waals surface area contributed by atoms with Crippen molar-refractivity contribution in [3.8, 4) is 0 Å². The molecule has 0 aliphatic carbocycles. The number of aromatic nitrogens is 3. The topological polar surface area (TPSA) is 103 Å². The van der Waals surface area contributed by atoms with Crippen molar-refractivity contribution in [2.24, 2.45) is 7.05 Å². The number of para-hydroxylation sites is 1. The van der Waals surface area contributed by atoms with Crippen molar-refractivity contribution >= 4 is 15.7 Å². The Balaban J connectivity index is 2.04. The number of sulfonamides is 1. The molecule has 19 heavy (non-hydrogen) atoms. The third-order valence-corrected chi connectivity index (χ3v) is 3.93. The van der Waals surface area contributed by atoms with Crippen molar-refractivity contribution in [2.45, 2.75) is 12.3 Å². The number of nitrogens with two attached hydrogens (primary N) is 1. The number of hydrogen-bond acceptors (Lipinski definition) is 5.